The number of aromatic nitrogens is 2. The summed E-state index contributed by atoms with van der Waals surface area (Å²) < 4.78 is 16.5. The molecule has 0 aliphatic heterocycles. The van der Waals surface area contributed by atoms with Gasteiger partial charge in [-0.05, 0) is 29.8 Å². The zero-order valence-electron chi connectivity index (χ0n) is 11.2. The molecular formula is C16H13BrClFN2. The number of hydrogen-bond acceptors (Lipinski definition) is 1. The maximum atomic E-state index is 13.4. The zero-order chi connectivity index (χ0) is 14.8. The van der Waals surface area contributed by atoms with E-state index in [9.17, 15) is 4.39 Å². The van der Waals surface area contributed by atoms with Crippen LogP contribution in [0.3, 0.4) is 0 Å². The topological polar surface area (TPSA) is 17.8 Å². The molecule has 0 saturated carbocycles. The van der Waals surface area contributed by atoms with Gasteiger partial charge in [0.1, 0.15) is 11.6 Å². The van der Waals surface area contributed by atoms with Gasteiger partial charge in [-0.15, -0.1) is 11.6 Å². The first-order chi connectivity index (χ1) is 10.2. The average Bonchev–Trinajstić information content (AvgIpc) is 2.79. The summed E-state index contributed by atoms with van der Waals surface area (Å²) in [5.41, 5.74) is 2.77. The lowest BCUT2D eigenvalue weighted by Gasteiger charge is -2.09. The first kappa shape index (κ1) is 14.5. The van der Waals surface area contributed by atoms with Crippen LogP contribution < -0.4 is 0 Å². The molecular weight excluding hydrogens is 355 g/mol. The van der Waals surface area contributed by atoms with Crippen molar-refractivity contribution in [2.24, 2.45) is 0 Å². The highest BCUT2D eigenvalue weighted by molar-refractivity contribution is 9.10. The summed E-state index contributed by atoms with van der Waals surface area (Å²) in [5, 5.41) is 0. The van der Waals surface area contributed by atoms with Crippen molar-refractivity contribution in [1.82, 2.24) is 9.55 Å². The smallest absolute Gasteiger partial charge is 0.125 e. The zero-order valence-corrected chi connectivity index (χ0v) is 13.5. The van der Waals surface area contributed by atoms with Crippen molar-refractivity contribution in [3.63, 3.8) is 0 Å². The molecule has 0 aliphatic carbocycles. The molecule has 0 aliphatic rings. The van der Waals surface area contributed by atoms with Gasteiger partial charge < -0.3 is 4.57 Å². The lowest BCUT2D eigenvalue weighted by atomic mass is 10.2. The van der Waals surface area contributed by atoms with E-state index >= 15 is 0 Å². The van der Waals surface area contributed by atoms with Crippen molar-refractivity contribution in [2.75, 3.05) is 5.88 Å². The van der Waals surface area contributed by atoms with Gasteiger partial charge in [0.2, 0.25) is 0 Å². The first-order valence-electron chi connectivity index (χ1n) is 6.62. The number of nitrogens with zero attached hydrogens (tertiary/aromatic N) is 2. The van der Waals surface area contributed by atoms with Gasteiger partial charge in [0.15, 0.2) is 0 Å². The van der Waals surface area contributed by atoms with E-state index in [1.54, 1.807) is 6.07 Å². The van der Waals surface area contributed by atoms with Crippen LogP contribution in [0.4, 0.5) is 4.39 Å². The Hall–Kier alpha value is -1.39. The highest BCUT2D eigenvalue weighted by atomic mass is 79.9. The van der Waals surface area contributed by atoms with Gasteiger partial charge in [-0.1, -0.05) is 28.1 Å². The van der Waals surface area contributed by atoms with Crippen molar-refractivity contribution in [2.45, 2.75) is 13.0 Å². The third-order valence-corrected chi connectivity index (χ3v) is 4.08. The Bertz CT molecular complexity index is 768. The molecule has 3 rings (SSSR count). The summed E-state index contributed by atoms with van der Waals surface area (Å²) >= 11 is 9.29. The van der Waals surface area contributed by atoms with Crippen LogP contribution in [0.15, 0.2) is 46.9 Å². The minimum atomic E-state index is -0.270. The molecule has 0 fully saturated rings. The second kappa shape index (κ2) is 6.16. The number of hydrogen-bond donors (Lipinski definition) is 0. The Morgan fingerprint density at radius 1 is 1.14 bits per heavy atom. The lowest BCUT2D eigenvalue weighted by molar-refractivity contribution is 0.629. The van der Waals surface area contributed by atoms with Gasteiger partial charge in [0.25, 0.3) is 0 Å². The minimum absolute atomic E-state index is 0.270. The molecule has 0 bridgehead atoms. The number of halogens is 3. The Kier molecular flexibility index (Phi) is 4.27. The van der Waals surface area contributed by atoms with Crippen LogP contribution >= 0.6 is 27.5 Å². The summed E-state index contributed by atoms with van der Waals surface area (Å²) in [6.45, 7) is 0.696. The standard InChI is InChI=1S/C16H13BrClFN2/c17-12-3-1-11(2-4-12)10-21-15-6-5-13(19)9-14(15)20-16(21)7-8-18/h1-6,9H,7-8,10H2. The quantitative estimate of drug-likeness (QED) is 0.608. The minimum Gasteiger partial charge on any atom is -0.323 e. The van der Waals surface area contributed by atoms with Crippen molar-refractivity contribution >= 4 is 38.6 Å². The van der Waals surface area contributed by atoms with E-state index in [-0.39, 0.29) is 5.82 Å². The molecule has 2 aromatic carbocycles. The van der Waals surface area contributed by atoms with Crippen molar-refractivity contribution in [3.05, 3.63) is 64.1 Å². The van der Waals surface area contributed by atoms with Gasteiger partial charge >= 0.3 is 0 Å². The Morgan fingerprint density at radius 3 is 2.62 bits per heavy atom. The van der Waals surface area contributed by atoms with Crippen molar-refractivity contribution < 1.29 is 4.39 Å². The Balaban J connectivity index is 2.06. The van der Waals surface area contributed by atoms with Gasteiger partial charge in [-0.3, -0.25) is 0 Å². The lowest BCUT2D eigenvalue weighted by Crippen LogP contribution is -2.05. The van der Waals surface area contributed by atoms with E-state index in [1.807, 2.05) is 12.1 Å². The van der Waals surface area contributed by atoms with Crippen LogP contribution in [0.2, 0.25) is 0 Å². The van der Waals surface area contributed by atoms with Gasteiger partial charge in [-0.25, -0.2) is 9.37 Å². The maximum absolute atomic E-state index is 13.4. The summed E-state index contributed by atoms with van der Waals surface area (Å²) in [6.07, 6.45) is 0.661. The van der Waals surface area contributed by atoms with Crippen molar-refractivity contribution in [1.29, 1.82) is 0 Å². The fraction of sp³-hybridized carbons (Fsp3) is 0.188. The molecule has 3 aromatic rings. The molecule has 0 unspecified atom stereocenters. The number of imidazole rings is 1. The largest absolute Gasteiger partial charge is 0.323 e. The fourth-order valence-corrected chi connectivity index (χ4v) is 2.81. The van der Waals surface area contributed by atoms with Crippen molar-refractivity contribution in [3.8, 4) is 0 Å². The van der Waals surface area contributed by atoms with E-state index < -0.39 is 0 Å². The molecule has 2 nitrogen and oxygen atoms in total. The van der Waals surface area contributed by atoms with Gasteiger partial charge in [0, 0.05) is 29.4 Å². The predicted octanol–water partition coefficient (Wildman–Crippen LogP) is 4.77. The van der Waals surface area contributed by atoms with E-state index in [1.165, 1.54) is 12.1 Å². The Labute approximate surface area is 135 Å². The molecule has 0 spiro atoms. The molecule has 21 heavy (non-hydrogen) atoms. The second-order valence-electron chi connectivity index (χ2n) is 4.81. The van der Waals surface area contributed by atoms with Crippen LogP contribution in [0.5, 0.6) is 0 Å². The number of aryl methyl sites for hydroxylation is 1. The van der Waals surface area contributed by atoms with E-state index in [0.29, 0.717) is 24.4 Å². The first-order valence-corrected chi connectivity index (χ1v) is 7.95. The molecule has 0 N–H and O–H groups in total. The third-order valence-electron chi connectivity index (χ3n) is 3.36. The molecule has 0 saturated heterocycles. The van der Waals surface area contributed by atoms with Gasteiger partial charge in [-0.2, -0.15) is 0 Å². The molecule has 1 aromatic heterocycles. The summed E-state index contributed by atoms with van der Waals surface area (Å²) in [6, 6.07) is 12.8. The normalized spacial score (nSPS) is 11.2. The highest BCUT2D eigenvalue weighted by Crippen LogP contribution is 2.20. The number of alkyl halides is 1. The molecule has 1 heterocycles. The Morgan fingerprint density at radius 2 is 1.90 bits per heavy atom. The number of benzene rings is 2. The number of fused-ring (bicyclic) bond motifs is 1. The second-order valence-corrected chi connectivity index (χ2v) is 6.11. The van der Waals surface area contributed by atoms with Crippen LogP contribution in [0.1, 0.15) is 11.4 Å². The van der Waals surface area contributed by atoms with E-state index in [2.05, 4.69) is 37.6 Å². The van der Waals surface area contributed by atoms with Crippen LogP contribution in [-0.2, 0) is 13.0 Å². The molecule has 0 amide bonds. The summed E-state index contributed by atoms with van der Waals surface area (Å²) in [7, 11) is 0. The molecule has 0 radical (unpaired) electrons. The molecule has 0 atom stereocenters. The molecule has 108 valence electrons. The van der Waals surface area contributed by atoms with Crippen LogP contribution in [-0.4, -0.2) is 15.4 Å². The maximum Gasteiger partial charge on any atom is 0.125 e. The van der Waals surface area contributed by atoms with Gasteiger partial charge in [0.05, 0.1) is 11.0 Å². The number of rotatable bonds is 4. The predicted molar refractivity (Wildman–Crippen MR) is 87.4 cm³/mol. The molecule has 5 heteroatoms. The van der Waals surface area contributed by atoms with E-state index in [0.717, 1.165) is 21.4 Å². The highest BCUT2D eigenvalue weighted by Gasteiger charge is 2.11. The summed E-state index contributed by atoms with van der Waals surface area (Å²) in [5.74, 6) is 1.10. The fourth-order valence-electron chi connectivity index (χ4n) is 2.38. The van der Waals surface area contributed by atoms with E-state index in [4.69, 9.17) is 11.6 Å². The average molecular weight is 368 g/mol. The van der Waals surface area contributed by atoms with Crippen LogP contribution in [0.25, 0.3) is 11.0 Å². The van der Waals surface area contributed by atoms with Crippen LogP contribution in [0, 0.1) is 5.82 Å². The SMILES string of the molecule is Fc1ccc2c(c1)nc(CCCl)n2Cc1ccc(Br)cc1. The summed E-state index contributed by atoms with van der Waals surface area (Å²) in [4.78, 5) is 4.51. The third kappa shape index (κ3) is 3.11. The monoisotopic (exact) mass is 366 g/mol.